The number of rotatable bonds is 5. The van der Waals surface area contributed by atoms with E-state index in [0.29, 0.717) is 23.4 Å². The maximum atomic E-state index is 13.1. The van der Waals surface area contributed by atoms with Crippen LogP contribution in [0.4, 0.5) is 5.00 Å². The molecule has 1 aromatic rings. The minimum Gasteiger partial charge on any atom is -0.481 e. The molecule has 0 radical (unpaired) electrons. The largest absolute Gasteiger partial charge is 0.481 e. The molecule has 1 aromatic heterocycles. The van der Waals surface area contributed by atoms with Crippen LogP contribution >= 0.6 is 11.3 Å². The highest BCUT2D eigenvalue weighted by atomic mass is 32.1. The van der Waals surface area contributed by atoms with Crippen molar-refractivity contribution in [2.24, 2.45) is 11.8 Å². The number of hydrogen-bond acceptors (Lipinski definition) is 5. The van der Waals surface area contributed by atoms with Crippen molar-refractivity contribution in [1.29, 1.82) is 0 Å². The number of allylic oxidation sites excluding steroid dienone is 2. The Morgan fingerprint density at radius 2 is 1.52 bits per heavy atom. The highest BCUT2D eigenvalue weighted by Crippen LogP contribution is 2.38. The molecule has 0 aliphatic heterocycles. The Morgan fingerprint density at radius 1 is 0.939 bits per heavy atom. The van der Waals surface area contributed by atoms with Crippen molar-refractivity contribution in [2.45, 2.75) is 90.4 Å². The fourth-order valence-corrected chi connectivity index (χ4v) is 6.17. The van der Waals surface area contributed by atoms with E-state index in [2.05, 4.69) is 5.32 Å². The summed E-state index contributed by atoms with van der Waals surface area (Å²) in [7, 11) is 0. The smallest absolute Gasteiger partial charge is 0.341 e. The van der Waals surface area contributed by atoms with E-state index >= 15 is 0 Å². The van der Waals surface area contributed by atoms with Crippen molar-refractivity contribution < 1.29 is 24.2 Å². The Hall–Kier alpha value is -2.15. The zero-order valence-corrected chi connectivity index (χ0v) is 20.5. The van der Waals surface area contributed by atoms with Gasteiger partial charge in [0.15, 0.2) is 0 Å². The van der Waals surface area contributed by atoms with Gasteiger partial charge in [-0.05, 0) is 51.0 Å². The van der Waals surface area contributed by atoms with Gasteiger partial charge < -0.3 is 15.2 Å². The van der Waals surface area contributed by atoms with Crippen LogP contribution < -0.4 is 5.32 Å². The molecule has 0 aromatic carbocycles. The third-order valence-corrected chi connectivity index (χ3v) is 7.93. The molecule has 3 rings (SSSR count). The topological polar surface area (TPSA) is 92.7 Å². The summed E-state index contributed by atoms with van der Waals surface area (Å²) in [6, 6.07) is 0. The maximum absolute atomic E-state index is 13.1. The highest BCUT2D eigenvalue weighted by molar-refractivity contribution is 7.17. The van der Waals surface area contributed by atoms with E-state index in [1.165, 1.54) is 49.9 Å². The number of fused-ring (bicyclic) bond motifs is 1. The molecule has 7 heteroatoms. The lowest BCUT2D eigenvalue weighted by Gasteiger charge is -2.24. The second kappa shape index (κ2) is 12.9. The molecule has 1 heterocycles. The van der Waals surface area contributed by atoms with Crippen molar-refractivity contribution in [2.75, 3.05) is 11.9 Å². The molecule has 0 saturated carbocycles. The van der Waals surface area contributed by atoms with Gasteiger partial charge in [0.05, 0.1) is 24.0 Å². The predicted octanol–water partition coefficient (Wildman–Crippen LogP) is 6.14. The highest BCUT2D eigenvalue weighted by Gasteiger charge is 2.35. The summed E-state index contributed by atoms with van der Waals surface area (Å²) in [6.45, 7) is 2.05. The van der Waals surface area contributed by atoms with E-state index in [9.17, 15) is 19.5 Å². The van der Waals surface area contributed by atoms with Gasteiger partial charge in [-0.2, -0.15) is 0 Å². The summed E-state index contributed by atoms with van der Waals surface area (Å²) in [4.78, 5) is 39.0. The molecule has 0 unspecified atom stereocenters. The first-order chi connectivity index (χ1) is 16.0. The maximum Gasteiger partial charge on any atom is 0.341 e. The normalized spacial score (nSPS) is 22.2. The molecule has 2 atom stereocenters. The monoisotopic (exact) mass is 475 g/mol. The first kappa shape index (κ1) is 25.5. The van der Waals surface area contributed by atoms with Gasteiger partial charge in [0.1, 0.15) is 5.00 Å². The molecule has 0 fully saturated rings. The zero-order valence-electron chi connectivity index (χ0n) is 19.7. The fourth-order valence-electron chi connectivity index (χ4n) is 4.89. The average molecular weight is 476 g/mol. The van der Waals surface area contributed by atoms with Crippen LogP contribution in [0.3, 0.4) is 0 Å². The molecule has 6 nitrogen and oxygen atoms in total. The van der Waals surface area contributed by atoms with Crippen molar-refractivity contribution in [3.8, 4) is 0 Å². The van der Waals surface area contributed by atoms with Crippen molar-refractivity contribution in [3.05, 3.63) is 28.2 Å². The van der Waals surface area contributed by atoms with Gasteiger partial charge >= 0.3 is 11.9 Å². The Kier molecular flexibility index (Phi) is 9.97. The minimum absolute atomic E-state index is 0.269. The number of carbonyl (C=O) groups excluding carboxylic acids is 2. The van der Waals surface area contributed by atoms with Crippen LogP contribution in [0.1, 0.15) is 98.4 Å². The predicted molar refractivity (Wildman–Crippen MR) is 131 cm³/mol. The number of amides is 1. The lowest BCUT2D eigenvalue weighted by atomic mass is 9.82. The molecule has 0 saturated heterocycles. The van der Waals surface area contributed by atoms with Crippen molar-refractivity contribution >= 4 is 34.2 Å². The van der Waals surface area contributed by atoms with Crippen molar-refractivity contribution in [1.82, 2.24) is 0 Å². The molecule has 2 N–H and O–H groups in total. The number of carboxylic acid groups (broad SMARTS) is 1. The quantitative estimate of drug-likeness (QED) is 0.394. The number of thiophene rings is 1. The average Bonchev–Trinajstić information content (AvgIpc) is 3.14. The molecule has 2 aliphatic carbocycles. The molecule has 2 aliphatic rings. The minimum atomic E-state index is -0.959. The van der Waals surface area contributed by atoms with Gasteiger partial charge in [-0.1, -0.05) is 57.1 Å². The zero-order chi connectivity index (χ0) is 23.6. The molecular weight excluding hydrogens is 438 g/mol. The van der Waals surface area contributed by atoms with E-state index < -0.39 is 23.8 Å². The summed E-state index contributed by atoms with van der Waals surface area (Å²) in [5.41, 5.74) is 1.50. The van der Waals surface area contributed by atoms with Crippen LogP contribution in [-0.4, -0.2) is 29.6 Å². The second-order valence-electron chi connectivity index (χ2n) is 9.09. The summed E-state index contributed by atoms with van der Waals surface area (Å²) in [5.74, 6) is -3.07. The molecule has 0 bridgehead atoms. The molecule has 33 heavy (non-hydrogen) atoms. The van der Waals surface area contributed by atoms with E-state index in [1.54, 1.807) is 6.92 Å². The molecular formula is C26H37NO5S. The van der Waals surface area contributed by atoms with Gasteiger partial charge in [0.25, 0.3) is 0 Å². The number of carbonyl (C=O) groups is 3. The Labute approximate surface area is 200 Å². The SMILES string of the molecule is CCOC(=O)c1c(NC(=O)[C@H]2CC=CC[C@@H]2C(=O)O)sc2c1CCCCCCCCCCC2. The van der Waals surface area contributed by atoms with Crippen LogP contribution in [0.25, 0.3) is 0 Å². The van der Waals surface area contributed by atoms with Crippen LogP contribution in [-0.2, 0) is 27.2 Å². The van der Waals surface area contributed by atoms with E-state index in [4.69, 9.17) is 4.74 Å². The van der Waals surface area contributed by atoms with E-state index in [-0.39, 0.29) is 12.5 Å². The van der Waals surface area contributed by atoms with Gasteiger partial charge in [-0.25, -0.2) is 4.79 Å². The number of hydrogen-bond donors (Lipinski definition) is 2. The number of nitrogens with one attached hydrogen (secondary N) is 1. The van der Waals surface area contributed by atoms with Crippen LogP contribution in [0, 0.1) is 11.8 Å². The first-order valence-corrected chi connectivity index (χ1v) is 13.3. The Morgan fingerprint density at radius 3 is 2.12 bits per heavy atom. The number of aryl methyl sites for hydroxylation is 1. The number of ether oxygens (including phenoxy) is 1. The summed E-state index contributed by atoms with van der Waals surface area (Å²) >= 11 is 1.48. The summed E-state index contributed by atoms with van der Waals surface area (Å²) in [6.07, 6.45) is 16.8. The number of anilines is 1. The summed E-state index contributed by atoms with van der Waals surface area (Å²) < 4.78 is 5.38. The molecule has 0 spiro atoms. The Bertz CT molecular complexity index is 859. The van der Waals surface area contributed by atoms with Crippen LogP contribution in [0.5, 0.6) is 0 Å². The lowest BCUT2D eigenvalue weighted by molar-refractivity contribution is -0.146. The van der Waals surface area contributed by atoms with Crippen LogP contribution in [0.2, 0.25) is 0 Å². The van der Waals surface area contributed by atoms with E-state index in [0.717, 1.165) is 42.5 Å². The van der Waals surface area contributed by atoms with Crippen molar-refractivity contribution in [3.63, 3.8) is 0 Å². The van der Waals surface area contributed by atoms with Gasteiger partial charge in [-0.3, -0.25) is 9.59 Å². The third-order valence-electron chi connectivity index (χ3n) is 6.72. The number of aliphatic carboxylic acids is 1. The molecule has 182 valence electrons. The van der Waals surface area contributed by atoms with Gasteiger partial charge in [-0.15, -0.1) is 11.3 Å². The standard InChI is InChI=1S/C26H37NO5S/c1-2-32-26(31)22-20-16-10-8-6-4-3-5-7-9-11-17-21(20)33-24(22)27-23(28)18-14-12-13-15-19(18)25(29)30/h12-13,18-19H,2-11,14-17H2,1H3,(H,27,28)(H,29,30)/t18-,19-/m0/s1. The van der Waals surface area contributed by atoms with Gasteiger partial charge in [0.2, 0.25) is 5.91 Å². The van der Waals surface area contributed by atoms with Crippen LogP contribution in [0.15, 0.2) is 12.2 Å². The second-order valence-corrected chi connectivity index (χ2v) is 10.2. The fraction of sp³-hybridized carbons (Fsp3) is 0.654. The van der Waals surface area contributed by atoms with Gasteiger partial charge in [0, 0.05) is 4.88 Å². The first-order valence-electron chi connectivity index (χ1n) is 12.5. The number of esters is 1. The number of carboxylic acids is 1. The van der Waals surface area contributed by atoms with E-state index in [1.807, 2.05) is 12.2 Å². The third kappa shape index (κ3) is 6.92. The summed E-state index contributed by atoms with van der Waals surface area (Å²) in [5, 5.41) is 13.0. The Balaban J connectivity index is 1.89. The molecule has 1 amide bonds. The lowest BCUT2D eigenvalue weighted by Crippen LogP contribution is -2.34.